The van der Waals surface area contributed by atoms with E-state index in [1.54, 1.807) is 24.3 Å². The molecule has 1 aliphatic rings. The first kappa shape index (κ1) is 9.71. The fraction of sp³-hybridized carbons (Fsp3) is 0.273. The summed E-state index contributed by atoms with van der Waals surface area (Å²) in [5.74, 6) is -3.84. The van der Waals surface area contributed by atoms with Gasteiger partial charge in [-0.1, -0.05) is 24.3 Å². The maximum atomic E-state index is 11.0. The number of carbonyl (C=O) groups is 2. The van der Waals surface area contributed by atoms with Gasteiger partial charge >= 0.3 is 11.9 Å². The number of hydrogen-bond donors (Lipinski definition) is 2. The topological polar surface area (TPSA) is 74.6 Å². The third-order valence-electron chi connectivity index (χ3n) is 2.82. The maximum absolute atomic E-state index is 11.0. The fourth-order valence-corrected chi connectivity index (χ4v) is 2.13. The zero-order valence-electron chi connectivity index (χ0n) is 7.88. The summed E-state index contributed by atoms with van der Waals surface area (Å²) in [6, 6.07) is 7.01. The molecule has 0 heterocycles. The highest BCUT2D eigenvalue weighted by atomic mass is 16.4. The molecule has 2 N–H and O–H groups in total. The molecule has 0 fully saturated rings. The van der Waals surface area contributed by atoms with Crippen molar-refractivity contribution in [2.24, 2.45) is 5.92 Å². The van der Waals surface area contributed by atoms with Gasteiger partial charge in [-0.05, 0) is 17.5 Å². The summed E-state index contributed by atoms with van der Waals surface area (Å²) < 4.78 is 0. The molecule has 4 nitrogen and oxygen atoms in total. The van der Waals surface area contributed by atoms with Crippen molar-refractivity contribution in [2.45, 2.75) is 12.3 Å². The number of fused-ring (bicyclic) bond motifs is 1. The Morgan fingerprint density at radius 3 is 2.40 bits per heavy atom. The average Bonchev–Trinajstić information content (AvgIpc) is 2.56. The molecule has 15 heavy (non-hydrogen) atoms. The van der Waals surface area contributed by atoms with E-state index in [-0.39, 0.29) is 0 Å². The lowest BCUT2D eigenvalue weighted by Gasteiger charge is -2.11. The Morgan fingerprint density at radius 1 is 1.13 bits per heavy atom. The average molecular weight is 206 g/mol. The van der Waals surface area contributed by atoms with Crippen molar-refractivity contribution in [3.05, 3.63) is 35.4 Å². The van der Waals surface area contributed by atoms with Crippen molar-refractivity contribution < 1.29 is 19.8 Å². The van der Waals surface area contributed by atoms with Gasteiger partial charge in [0.1, 0.15) is 0 Å². The van der Waals surface area contributed by atoms with E-state index in [9.17, 15) is 9.59 Å². The summed E-state index contributed by atoms with van der Waals surface area (Å²) in [5.41, 5.74) is 1.47. The van der Waals surface area contributed by atoms with Crippen LogP contribution in [0.5, 0.6) is 0 Å². The minimum absolute atomic E-state index is 0.308. The van der Waals surface area contributed by atoms with Crippen molar-refractivity contribution in [2.75, 3.05) is 0 Å². The van der Waals surface area contributed by atoms with Crippen molar-refractivity contribution >= 4 is 11.9 Å². The first-order valence-electron chi connectivity index (χ1n) is 4.64. The first-order chi connectivity index (χ1) is 7.11. The lowest BCUT2D eigenvalue weighted by atomic mass is 9.93. The number of carboxylic acid groups (broad SMARTS) is 2. The molecule has 0 aliphatic heterocycles. The summed E-state index contributed by atoms with van der Waals surface area (Å²) in [6.07, 6.45) is 0.308. The van der Waals surface area contributed by atoms with Crippen LogP contribution in [-0.4, -0.2) is 22.2 Å². The van der Waals surface area contributed by atoms with Crippen molar-refractivity contribution in [3.8, 4) is 0 Å². The standard InChI is InChI=1S/C11H10O4/c12-10(13)8-5-6-3-1-2-4-7(6)9(8)11(14)15/h1-4,8-9H,5H2,(H,12,13)(H,14,15)/t8-,9-/m0/s1. The van der Waals surface area contributed by atoms with Crippen LogP contribution in [0.25, 0.3) is 0 Å². The molecule has 0 amide bonds. The van der Waals surface area contributed by atoms with E-state index < -0.39 is 23.8 Å². The molecule has 0 saturated heterocycles. The second-order valence-corrected chi connectivity index (χ2v) is 3.66. The third kappa shape index (κ3) is 1.48. The molecule has 0 spiro atoms. The van der Waals surface area contributed by atoms with Gasteiger partial charge in [-0.2, -0.15) is 0 Å². The van der Waals surface area contributed by atoms with E-state index >= 15 is 0 Å². The molecule has 78 valence electrons. The molecular formula is C11H10O4. The number of rotatable bonds is 2. The third-order valence-corrected chi connectivity index (χ3v) is 2.82. The van der Waals surface area contributed by atoms with Gasteiger partial charge in [-0.15, -0.1) is 0 Å². The summed E-state index contributed by atoms with van der Waals surface area (Å²) in [5, 5.41) is 18.0. The molecule has 1 aromatic rings. The Kier molecular flexibility index (Phi) is 2.19. The number of carboxylic acids is 2. The van der Waals surface area contributed by atoms with E-state index in [1.165, 1.54) is 0 Å². The van der Waals surface area contributed by atoms with Crippen molar-refractivity contribution in [1.82, 2.24) is 0 Å². The Balaban J connectivity index is 2.46. The van der Waals surface area contributed by atoms with Crippen LogP contribution >= 0.6 is 0 Å². The van der Waals surface area contributed by atoms with Crippen LogP contribution < -0.4 is 0 Å². The number of benzene rings is 1. The molecule has 2 rings (SSSR count). The zero-order chi connectivity index (χ0) is 11.0. The minimum atomic E-state index is -1.06. The van der Waals surface area contributed by atoms with E-state index in [1.807, 2.05) is 0 Å². The van der Waals surface area contributed by atoms with Gasteiger partial charge in [-0.25, -0.2) is 0 Å². The SMILES string of the molecule is O=C(O)[C@H]1Cc2ccccc2[C@@H]1C(=O)O. The van der Waals surface area contributed by atoms with Crippen molar-refractivity contribution in [1.29, 1.82) is 0 Å². The molecule has 0 aromatic heterocycles. The summed E-state index contributed by atoms with van der Waals surface area (Å²) >= 11 is 0. The zero-order valence-corrected chi connectivity index (χ0v) is 7.88. The Bertz CT molecular complexity index is 424. The molecule has 4 heteroatoms. The smallest absolute Gasteiger partial charge is 0.311 e. The molecule has 2 atom stereocenters. The Morgan fingerprint density at radius 2 is 1.80 bits per heavy atom. The van der Waals surface area contributed by atoms with Gasteiger partial charge in [0, 0.05) is 0 Å². The van der Waals surface area contributed by atoms with E-state index in [0.29, 0.717) is 12.0 Å². The van der Waals surface area contributed by atoms with Crippen LogP contribution in [0.4, 0.5) is 0 Å². The van der Waals surface area contributed by atoms with Crippen LogP contribution in [0.15, 0.2) is 24.3 Å². The van der Waals surface area contributed by atoms with Gasteiger partial charge < -0.3 is 10.2 Å². The largest absolute Gasteiger partial charge is 0.481 e. The molecule has 1 aliphatic carbocycles. The van der Waals surface area contributed by atoms with Gasteiger partial charge in [0.2, 0.25) is 0 Å². The second kappa shape index (κ2) is 3.38. The lowest BCUT2D eigenvalue weighted by Crippen LogP contribution is -2.24. The molecule has 0 unspecified atom stereocenters. The maximum Gasteiger partial charge on any atom is 0.311 e. The van der Waals surface area contributed by atoms with Crippen molar-refractivity contribution in [3.63, 3.8) is 0 Å². The Hall–Kier alpha value is -1.84. The van der Waals surface area contributed by atoms with Crippen LogP contribution in [-0.2, 0) is 16.0 Å². The van der Waals surface area contributed by atoms with Crippen LogP contribution in [0.1, 0.15) is 17.0 Å². The predicted octanol–water partition coefficient (Wildman–Crippen LogP) is 1.11. The monoisotopic (exact) mass is 206 g/mol. The normalized spacial score (nSPS) is 23.5. The molecular weight excluding hydrogens is 196 g/mol. The van der Waals surface area contributed by atoms with Gasteiger partial charge in [0.05, 0.1) is 11.8 Å². The van der Waals surface area contributed by atoms with E-state index in [2.05, 4.69) is 0 Å². The predicted molar refractivity (Wildman–Crippen MR) is 51.6 cm³/mol. The summed E-state index contributed by atoms with van der Waals surface area (Å²) in [6.45, 7) is 0. The highest BCUT2D eigenvalue weighted by molar-refractivity contribution is 5.86. The lowest BCUT2D eigenvalue weighted by molar-refractivity contribution is -0.149. The first-order valence-corrected chi connectivity index (χ1v) is 4.64. The second-order valence-electron chi connectivity index (χ2n) is 3.66. The van der Waals surface area contributed by atoms with Gasteiger partial charge in [0.25, 0.3) is 0 Å². The molecule has 0 bridgehead atoms. The molecule has 0 saturated carbocycles. The quantitative estimate of drug-likeness (QED) is 0.760. The van der Waals surface area contributed by atoms with Crippen LogP contribution in [0.2, 0.25) is 0 Å². The number of aliphatic carboxylic acids is 2. The summed E-state index contributed by atoms with van der Waals surface area (Å²) in [7, 11) is 0. The van der Waals surface area contributed by atoms with Crippen LogP contribution in [0.3, 0.4) is 0 Å². The molecule has 1 aromatic carbocycles. The highest BCUT2D eigenvalue weighted by Crippen LogP contribution is 2.38. The van der Waals surface area contributed by atoms with Gasteiger partial charge in [0.15, 0.2) is 0 Å². The molecule has 0 radical (unpaired) electrons. The fourth-order valence-electron chi connectivity index (χ4n) is 2.13. The Labute approximate surface area is 86.2 Å². The minimum Gasteiger partial charge on any atom is -0.481 e. The van der Waals surface area contributed by atoms with E-state index in [0.717, 1.165) is 5.56 Å². The highest BCUT2D eigenvalue weighted by Gasteiger charge is 2.41. The van der Waals surface area contributed by atoms with Gasteiger partial charge in [-0.3, -0.25) is 9.59 Å². The van der Waals surface area contributed by atoms with Crippen LogP contribution in [0, 0.1) is 5.92 Å². The van der Waals surface area contributed by atoms with E-state index in [4.69, 9.17) is 10.2 Å². The number of hydrogen-bond acceptors (Lipinski definition) is 2. The summed E-state index contributed by atoms with van der Waals surface area (Å²) in [4.78, 5) is 21.9.